The maximum atomic E-state index is 14.3. The molecule has 0 bridgehead atoms. The van der Waals surface area contributed by atoms with Gasteiger partial charge in [0.05, 0.1) is 6.04 Å². The number of hydrogen-bond donors (Lipinski definition) is 16. The summed E-state index contributed by atoms with van der Waals surface area (Å²) >= 11 is 0. The number of benzene rings is 1. The number of carbonyl (C=O) groups excluding carboxylic acids is 6. The standard InChI is InChI=1S/C46H79N15O8/c1-25(2)21-30(48)38(62)59-36(23-28-24-55-31-14-8-7-13-29(28)31)42(66)60-35(22-26(3)4)41(65)57-32(15-9-10-18-47)39(63)56-33(16-11-19-53-45(49)50)40(64)61-37(27(5)6)43(67)58-34(44(68)69)17-12-20-54-46(51)52/h7-8,13-14,24-27,30,32-37,55H,9-12,15-23,47-48H2,1-6H3,(H,56,63)(H,57,65)(H,58,67)(H,59,62)(H,60,66)(H,61,64)(H,68,69)(H4,49,50,53)(H4,51,52,54)/t30-,32-,33-,34-,35-,36-,37-/m0/s1. The van der Waals surface area contributed by atoms with Crippen LogP contribution >= 0.6 is 0 Å². The Morgan fingerprint density at radius 1 is 0.609 bits per heavy atom. The van der Waals surface area contributed by atoms with Gasteiger partial charge in [-0.3, -0.25) is 39.6 Å². The van der Waals surface area contributed by atoms with Crippen molar-refractivity contribution in [2.45, 2.75) is 148 Å². The van der Waals surface area contributed by atoms with E-state index in [0.29, 0.717) is 25.8 Å². The van der Waals surface area contributed by atoms with Gasteiger partial charge in [0, 0.05) is 36.6 Å². The summed E-state index contributed by atoms with van der Waals surface area (Å²) in [6, 6.07) is -0.770. The first-order chi connectivity index (χ1) is 32.5. The molecule has 0 aliphatic carbocycles. The van der Waals surface area contributed by atoms with E-state index >= 15 is 0 Å². The van der Waals surface area contributed by atoms with Crippen molar-refractivity contribution in [2.75, 3.05) is 19.6 Å². The average Bonchev–Trinajstić information content (AvgIpc) is 3.68. The first-order valence-electron chi connectivity index (χ1n) is 23.8. The summed E-state index contributed by atoms with van der Waals surface area (Å²) in [6.45, 7) is 11.5. The molecule has 2 rings (SSSR count). The van der Waals surface area contributed by atoms with Crippen molar-refractivity contribution < 1.29 is 38.7 Å². The fourth-order valence-corrected chi connectivity index (χ4v) is 7.54. The van der Waals surface area contributed by atoms with E-state index in [9.17, 15) is 38.7 Å². The Morgan fingerprint density at radius 3 is 1.62 bits per heavy atom. The highest BCUT2D eigenvalue weighted by atomic mass is 16.4. The van der Waals surface area contributed by atoms with Crippen LogP contribution < -0.4 is 65.5 Å². The van der Waals surface area contributed by atoms with E-state index in [0.717, 1.165) is 16.5 Å². The molecule has 1 aromatic heterocycles. The van der Waals surface area contributed by atoms with Gasteiger partial charge in [-0.1, -0.05) is 59.7 Å². The van der Waals surface area contributed by atoms with E-state index in [2.05, 4.69) is 47.5 Å². The van der Waals surface area contributed by atoms with Crippen molar-refractivity contribution in [1.82, 2.24) is 47.5 Å². The van der Waals surface area contributed by atoms with E-state index in [1.54, 1.807) is 20.0 Å². The Balaban J connectivity index is 2.42. The van der Waals surface area contributed by atoms with Gasteiger partial charge in [0.2, 0.25) is 35.4 Å². The smallest absolute Gasteiger partial charge is 0.326 e. The van der Waals surface area contributed by atoms with Crippen molar-refractivity contribution >= 4 is 64.2 Å². The van der Waals surface area contributed by atoms with Crippen LogP contribution in [0, 0.1) is 28.6 Å². The van der Waals surface area contributed by atoms with E-state index in [-0.39, 0.29) is 81.8 Å². The number of carboxylic acid groups (broad SMARTS) is 1. The normalized spacial score (nSPS) is 14.4. The second-order valence-electron chi connectivity index (χ2n) is 18.6. The third-order valence-corrected chi connectivity index (χ3v) is 11.2. The average molecular weight is 970 g/mol. The zero-order valence-electron chi connectivity index (χ0n) is 41.0. The molecule has 6 amide bonds. The number of carbonyl (C=O) groups is 7. The Bertz CT molecular complexity index is 2030. The van der Waals surface area contributed by atoms with Gasteiger partial charge in [-0.05, 0) is 93.7 Å². The molecule has 0 fully saturated rings. The monoisotopic (exact) mass is 970 g/mol. The van der Waals surface area contributed by atoms with Crippen LogP contribution in [0.25, 0.3) is 10.9 Å². The number of fused-ring (bicyclic) bond motifs is 1. The number of hydrogen-bond acceptors (Lipinski definition) is 11. The van der Waals surface area contributed by atoms with Gasteiger partial charge in [-0.25, -0.2) is 4.79 Å². The van der Waals surface area contributed by atoms with Crippen molar-refractivity contribution in [2.24, 2.45) is 40.7 Å². The number of aliphatic carboxylic acids is 1. The van der Waals surface area contributed by atoms with Crippen LogP contribution in [0.2, 0.25) is 0 Å². The van der Waals surface area contributed by atoms with Gasteiger partial charge >= 0.3 is 5.97 Å². The molecular weight excluding hydrogens is 891 g/mol. The second-order valence-corrected chi connectivity index (χ2v) is 18.6. The lowest BCUT2D eigenvalue weighted by Crippen LogP contribution is -2.60. The predicted octanol–water partition coefficient (Wildman–Crippen LogP) is -0.565. The Hall–Kier alpha value is -6.49. The lowest BCUT2D eigenvalue weighted by molar-refractivity contribution is -0.142. The van der Waals surface area contributed by atoms with Gasteiger partial charge < -0.3 is 75.6 Å². The molecule has 0 aliphatic rings. The van der Waals surface area contributed by atoms with Gasteiger partial charge in [-0.15, -0.1) is 0 Å². The topological polar surface area (TPSA) is 404 Å². The minimum atomic E-state index is -1.32. The molecule has 7 atom stereocenters. The van der Waals surface area contributed by atoms with Gasteiger partial charge in [0.25, 0.3) is 0 Å². The zero-order chi connectivity index (χ0) is 51.8. The maximum Gasteiger partial charge on any atom is 0.326 e. The number of rotatable bonds is 32. The number of nitrogens with two attached hydrogens (primary N) is 4. The number of nitrogens with one attached hydrogen (secondary N) is 11. The predicted molar refractivity (Wildman–Crippen MR) is 264 cm³/mol. The first-order valence-corrected chi connectivity index (χ1v) is 23.8. The molecule has 0 saturated heterocycles. The summed E-state index contributed by atoms with van der Waals surface area (Å²) in [5.41, 5.74) is 24.4. The molecule has 20 N–H and O–H groups in total. The van der Waals surface area contributed by atoms with Crippen molar-refractivity contribution in [1.29, 1.82) is 10.8 Å². The number of para-hydroxylation sites is 1. The molecular formula is C46H79N15O8. The number of unbranched alkanes of at least 4 members (excludes halogenated alkanes) is 1. The largest absolute Gasteiger partial charge is 0.480 e. The quantitative estimate of drug-likeness (QED) is 0.0248. The van der Waals surface area contributed by atoms with Crippen LogP contribution in [-0.4, -0.2) is 125 Å². The summed E-state index contributed by atoms with van der Waals surface area (Å²) < 4.78 is 0. The molecule has 386 valence electrons. The van der Waals surface area contributed by atoms with E-state index in [1.807, 2.05) is 52.0 Å². The zero-order valence-corrected chi connectivity index (χ0v) is 41.0. The summed E-state index contributed by atoms with van der Waals surface area (Å²) in [4.78, 5) is 99.0. The van der Waals surface area contributed by atoms with Crippen LogP contribution in [0.4, 0.5) is 0 Å². The van der Waals surface area contributed by atoms with Gasteiger partial charge in [0.15, 0.2) is 11.9 Å². The molecule has 69 heavy (non-hydrogen) atoms. The minimum absolute atomic E-state index is 0.00375. The fourth-order valence-electron chi connectivity index (χ4n) is 7.54. The molecule has 1 heterocycles. The maximum absolute atomic E-state index is 14.3. The highest BCUT2D eigenvalue weighted by molar-refractivity contribution is 5.97. The molecule has 2 aromatic rings. The van der Waals surface area contributed by atoms with Crippen LogP contribution in [0.3, 0.4) is 0 Å². The number of guanidine groups is 2. The SMILES string of the molecule is CC(C)C[C@H](NC(=O)[C@H](Cc1c[nH]c2ccccc12)NC(=O)[C@@H](N)CC(C)C)C(=O)N[C@@H](CCCCN)C(=O)N[C@@H](CCCNC(=N)N)C(=O)N[C@H](C(=O)N[C@@H](CCCNC(=N)N)C(=O)O)C(C)C. The summed E-state index contributed by atoms with van der Waals surface area (Å²) in [5.74, 6) is -6.61. The molecule has 0 spiro atoms. The minimum Gasteiger partial charge on any atom is -0.480 e. The highest BCUT2D eigenvalue weighted by Gasteiger charge is 2.35. The lowest BCUT2D eigenvalue weighted by Gasteiger charge is -2.29. The highest BCUT2D eigenvalue weighted by Crippen LogP contribution is 2.20. The molecule has 0 unspecified atom stereocenters. The number of amides is 6. The first kappa shape index (κ1) is 58.6. The number of aromatic nitrogens is 1. The molecule has 23 nitrogen and oxygen atoms in total. The van der Waals surface area contributed by atoms with Gasteiger partial charge in [-0.2, -0.15) is 0 Å². The number of carboxylic acids is 1. The van der Waals surface area contributed by atoms with Gasteiger partial charge in [0.1, 0.15) is 36.3 Å². The lowest BCUT2D eigenvalue weighted by atomic mass is 9.99. The van der Waals surface area contributed by atoms with Crippen LogP contribution in [-0.2, 0) is 40.0 Å². The Kier molecular flexibility index (Phi) is 25.6. The van der Waals surface area contributed by atoms with Crippen molar-refractivity contribution in [3.8, 4) is 0 Å². The van der Waals surface area contributed by atoms with Crippen LogP contribution in [0.5, 0.6) is 0 Å². The van der Waals surface area contributed by atoms with E-state index < -0.39 is 89.6 Å². The second kappa shape index (κ2) is 30.1. The Labute approximate surface area is 404 Å². The molecule has 1 aromatic carbocycles. The third-order valence-electron chi connectivity index (χ3n) is 11.2. The number of H-pyrrole nitrogens is 1. The van der Waals surface area contributed by atoms with Crippen molar-refractivity contribution in [3.05, 3.63) is 36.0 Å². The number of aromatic amines is 1. The molecule has 0 saturated carbocycles. The van der Waals surface area contributed by atoms with Crippen molar-refractivity contribution in [3.63, 3.8) is 0 Å². The van der Waals surface area contributed by atoms with Crippen LogP contribution in [0.15, 0.2) is 30.5 Å². The molecule has 0 aliphatic heterocycles. The summed E-state index contributed by atoms with van der Waals surface area (Å²) in [6.07, 6.45) is 3.81. The van der Waals surface area contributed by atoms with E-state index in [4.69, 9.17) is 33.8 Å². The Morgan fingerprint density at radius 2 is 1.09 bits per heavy atom. The third kappa shape index (κ3) is 21.6. The van der Waals surface area contributed by atoms with Crippen LogP contribution in [0.1, 0.15) is 105 Å². The summed E-state index contributed by atoms with van der Waals surface area (Å²) in [7, 11) is 0. The molecule has 0 radical (unpaired) electrons. The van der Waals surface area contributed by atoms with E-state index in [1.165, 1.54) is 0 Å². The summed E-state index contributed by atoms with van der Waals surface area (Å²) in [5, 5.41) is 47.0. The fraction of sp³-hybridized carbons (Fsp3) is 0.630. The molecule has 23 heteroatoms.